The molecule has 3 aromatic rings. The zero-order chi connectivity index (χ0) is 19.0. The number of anilines is 1. The highest BCUT2D eigenvalue weighted by molar-refractivity contribution is 8.08. The molecular formula is C21H22N3OS2+. The lowest BCUT2D eigenvalue weighted by atomic mass is 10.3. The van der Waals surface area contributed by atoms with Crippen LogP contribution in [0.3, 0.4) is 0 Å². The average molecular weight is 397 g/mol. The highest BCUT2D eigenvalue weighted by Gasteiger charge is 2.24. The Hall–Kier alpha value is -2.31. The predicted molar refractivity (Wildman–Crippen MR) is 113 cm³/mol. The number of fused-ring (bicyclic) bond motifs is 1. The first kappa shape index (κ1) is 18.1. The normalized spacial score (nSPS) is 16.1. The summed E-state index contributed by atoms with van der Waals surface area (Å²) in [6, 6.07) is 14.4. The van der Waals surface area contributed by atoms with Gasteiger partial charge in [0.15, 0.2) is 6.20 Å². The number of aromatic nitrogens is 2. The lowest BCUT2D eigenvalue weighted by molar-refractivity contribution is -0.695. The van der Waals surface area contributed by atoms with Gasteiger partial charge in [-0.05, 0) is 32.0 Å². The van der Waals surface area contributed by atoms with E-state index in [1.165, 1.54) is 4.90 Å². The van der Waals surface area contributed by atoms with Crippen molar-refractivity contribution in [2.45, 2.75) is 31.8 Å². The van der Waals surface area contributed by atoms with Crippen LogP contribution in [0.15, 0.2) is 58.4 Å². The minimum atomic E-state index is 0.0925. The molecule has 0 N–H and O–H groups in total. The van der Waals surface area contributed by atoms with Crippen molar-refractivity contribution in [3.8, 4) is 0 Å². The number of pyridine rings is 1. The summed E-state index contributed by atoms with van der Waals surface area (Å²) >= 11 is 3.26. The zero-order valence-corrected chi connectivity index (χ0v) is 17.3. The van der Waals surface area contributed by atoms with Gasteiger partial charge in [-0.3, -0.25) is 9.36 Å². The largest absolute Gasteiger partial charge is 0.337 e. The van der Waals surface area contributed by atoms with Gasteiger partial charge in [0.2, 0.25) is 5.69 Å². The van der Waals surface area contributed by atoms with E-state index in [4.69, 9.17) is 0 Å². The molecular weight excluding hydrogens is 374 g/mol. The van der Waals surface area contributed by atoms with Crippen molar-refractivity contribution in [2.75, 3.05) is 11.9 Å². The van der Waals surface area contributed by atoms with E-state index >= 15 is 0 Å². The smallest absolute Gasteiger partial charge is 0.271 e. The standard InChI is InChI=1S/C21H22N3OS2/c1-4-23-13-9-8-10-15(23)14-18-24(5-2)20(25)19(27-18)21-22(3)16-11-6-7-12-17(16)26-21/h6-14H,4-5H2,1-3H3/q+1/b21-19-. The summed E-state index contributed by atoms with van der Waals surface area (Å²) in [5, 5.41) is 1.02. The van der Waals surface area contributed by atoms with E-state index in [0.717, 1.165) is 32.2 Å². The molecule has 6 heteroatoms. The third-order valence-corrected chi connectivity index (χ3v) is 7.23. The van der Waals surface area contributed by atoms with Gasteiger partial charge in [0, 0.05) is 36.7 Å². The zero-order valence-electron chi connectivity index (χ0n) is 15.7. The lowest BCUT2D eigenvalue weighted by Gasteiger charge is -2.11. The minimum Gasteiger partial charge on any atom is -0.337 e. The van der Waals surface area contributed by atoms with Crippen LogP contribution in [-0.2, 0) is 13.1 Å². The molecule has 1 aliphatic heterocycles. The van der Waals surface area contributed by atoms with Crippen LogP contribution in [0, 0.1) is 0 Å². The second-order valence-corrected chi connectivity index (χ2v) is 8.37. The van der Waals surface area contributed by atoms with E-state index < -0.39 is 0 Å². The fourth-order valence-corrected chi connectivity index (χ4v) is 5.77. The summed E-state index contributed by atoms with van der Waals surface area (Å²) in [5.41, 5.74) is 2.36. The Morgan fingerprint density at radius 3 is 2.63 bits per heavy atom. The van der Waals surface area contributed by atoms with Crippen molar-refractivity contribution in [2.24, 2.45) is 0 Å². The number of rotatable bonds is 3. The van der Waals surface area contributed by atoms with Gasteiger partial charge in [0.25, 0.3) is 5.56 Å². The number of thiazole rings is 1. The van der Waals surface area contributed by atoms with Crippen molar-refractivity contribution in [3.05, 3.63) is 73.9 Å². The van der Waals surface area contributed by atoms with Crippen molar-refractivity contribution >= 4 is 39.9 Å². The first-order chi connectivity index (χ1) is 13.1. The third kappa shape index (κ3) is 3.13. The van der Waals surface area contributed by atoms with Crippen LogP contribution in [0.5, 0.6) is 0 Å². The first-order valence-electron chi connectivity index (χ1n) is 9.08. The number of nitrogens with zero attached hydrogens (tertiary/aromatic N) is 3. The van der Waals surface area contributed by atoms with Crippen molar-refractivity contribution < 1.29 is 4.57 Å². The maximum atomic E-state index is 13.1. The molecule has 0 spiro atoms. The molecule has 0 saturated heterocycles. The molecule has 0 bridgehead atoms. The molecule has 2 aromatic heterocycles. The van der Waals surface area contributed by atoms with E-state index in [0.29, 0.717) is 6.54 Å². The van der Waals surface area contributed by atoms with Gasteiger partial charge in [-0.1, -0.05) is 23.9 Å². The molecule has 0 saturated carbocycles. The Labute approximate surface area is 166 Å². The van der Waals surface area contributed by atoms with Gasteiger partial charge >= 0.3 is 0 Å². The molecule has 0 unspecified atom stereocenters. The number of hydrogen-bond donors (Lipinski definition) is 0. The maximum absolute atomic E-state index is 13.1. The van der Waals surface area contributed by atoms with Crippen LogP contribution in [0.4, 0.5) is 5.69 Å². The Balaban J connectivity index is 1.94. The number of benzene rings is 1. The van der Waals surface area contributed by atoms with Crippen LogP contribution in [-0.4, -0.2) is 11.6 Å². The highest BCUT2D eigenvalue weighted by Crippen LogP contribution is 2.44. The Bertz CT molecular complexity index is 1180. The van der Waals surface area contributed by atoms with E-state index in [1.54, 1.807) is 23.1 Å². The van der Waals surface area contributed by atoms with Gasteiger partial charge in [0.05, 0.1) is 5.69 Å². The van der Waals surface area contributed by atoms with Crippen LogP contribution in [0.25, 0.3) is 11.1 Å². The summed E-state index contributed by atoms with van der Waals surface area (Å²) < 4.78 is 5.86. The van der Waals surface area contributed by atoms with Crippen LogP contribution in [0.1, 0.15) is 19.5 Å². The van der Waals surface area contributed by atoms with Gasteiger partial charge in [-0.2, -0.15) is 4.57 Å². The molecule has 0 fully saturated rings. The fourth-order valence-electron chi connectivity index (χ4n) is 3.30. The van der Waals surface area contributed by atoms with Gasteiger partial charge in [0.1, 0.15) is 20.8 Å². The monoisotopic (exact) mass is 396 g/mol. The number of thioether (sulfide) groups is 1. The summed E-state index contributed by atoms with van der Waals surface area (Å²) in [5.74, 6) is 0. The third-order valence-electron chi connectivity index (χ3n) is 4.75. The molecule has 0 atom stereocenters. The van der Waals surface area contributed by atoms with Crippen molar-refractivity contribution in [1.82, 2.24) is 4.57 Å². The van der Waals surface area contributed by atoms with Crippen LogP contribution >= 0.6 is 23.1 Å². The molecule has 0 aliphatic carbocycles. The Morgan fingerprint density at radius 2 is 1.89 bits per heavy atom. The first-order valence-corrected chi connectivity index (χ1v) is 10.7. The van der Waals surface area contributed by atoms with E-state index in [-0.39, 0.29) is 5.56 Å². The Kier molecular flexibility index (Phi) is 4.93. The van der Waals surface area contributed by atoms with Gasteiger partial charge in [-0.25, -0.2) is 0 Å². The summed E-state index contributed by atoms with van der Waals surface area (Å²) in [7, 11) is 2.04. The van der Waals surface area contributed by atoms with Gasteiger partial charge in [-0.15, -0.1) is 11.3 Å². The molecule has 4 nitrogen and oxygen atoms in total. The summed E-state index contributed by atoms with van der Waals surface area (Å²) in [6.45, 7) is 5.71. The second-order valence-electron chi connectivity index (χ2n) is 6.31. The fraction of sp³-hybridized carbons (Fsp3) is 0.238. The quantitative estimate of drug-likeness (QED) is 0.637. The van der Waals surface area contributed by atoms with E-state index in [9.17, 15) is 4.79 Å². The van der Waals surface area contributed by atoms with Gasteiger partial charge < -0.3 is 4.90 Å². The molecule has 1 aliphatic rings. The molecule has 4 rings (SSSR count). The molecule has 1 aromatic carbocycles. The minimum absolute atomic E-state index is 0.0925. The molecule has 0 amide bonds. The van der Waals surface area contributed by atoms with Crippen LogP contribution < -0.4 is 24.2 Å². The highest BCUT2D eigenvalue weighted by atomic mass is 32.2. The summed E-state index contributed by atoms with van der Waals surface area (Å²) in [6.07, 6.45) is 4.19. The van der Waals surface area contributed by atoms with E-state index in [2.05, 4.69) is 46.9 Å². The molecule has 3 heterocycles. The molecule has 0 radical (unpaired) electrons. The van der Waals surface area contributed by atoms with Crippen molar-refractivity contribution in [3.63, 3.8) is 0 Å². The second kappa shape index (κ2) is 7.37. The van der Waals surface area contributed by atoms with Crippen LogP contribution in [0.2, 0.25) is 0 Å². The predicted octanol–water partition coefficient (Wildman–Crippen LogP) is 2.37. The average Bonchev–Trinajstić information content (AvgIpc) is 3.19. The van der Waals surface area contributed by atoms with E-state index in [1.807, 2.05) is 42.8 Å². The number of hydrogen-bond acceptors (Lipinski definition) is 4. The maximum Gasteiger partial charge on any atom is 0.271 e. The molecule has 138 valence electrons. The Morgan fingerprint density at radius 1 is 1.11 bits per heavy atom. The topological polar surface area (TPSA) is 29.1 Å². The SMILES string of the molecule is CCn1c(=O)/c(=C2/Sc3ccccc3N2C)s/c1=C\c1cccc[n+]1CC. The molecule has 27 heavy (non-hydrogen) atoms. The van der Waals surface area contributed by atoms with Crippen molar-refractivity contribution in [1.29, 1.82) is 0 Å². The lowest BCUT2D eigenvalue weighted by Crippen LogP contribution is -2.36. The summed E-state index contributed by atoms with van der Waals surface area (Å²) in [4.78, 5) is 16.5. The number of aryl methyl sites for hydroxylation is 1. The number of para-hydroxylation sites is 1.